The van der Waals surface area contributed by atoms with Crippen molar-refractivity contribution in [1.82, 2.24) is 0 Å². The Kier molecular flexibility index (Phi) is 5.68. The van der Waals surface area contributed by atoms with Crippen molar-refractivity contribution < 1.29 is 9.47 Å². The van der Waals surface area contributed by atoms with Crippen LogP contribution in [-0.4, -0.2) is 5.90 Å². The van der Waals surface area contributed by atoms with Crippen LogP contribution in [0.2, 0.25) is 0 Å². The smallest absolute Gasteiger partial charge is 0.225 e. The molecule has 4 aromatic rings. The van der Waals surface area contributed by atoms with Crippen LogP contribution in [0, 0.1) is 0 Å². The summed E-state index contributed by atoms with van der Waals surface area (Å²) in [6.07, 6.45) is 1.68. The second-order valence-corrected chi connectivity index (χ2v) is 6.60. The number of aliphatic imine (C=N–C) groups is 1. The highest BCUT2D eigenvalue weighted by Gasteiger charge is 2.08. The first-order valence-electron chi connectivity index (χ1n) is 9.47. The van der Waals surface area contributed by atoms with Crippen molar-refractivity contribution in [2.45, 2.75) is 6.92 Å². The highest BCUT2D eigenvalue weighted by Crippen LogP contribution is 2.22. The van der Waals surface area contributed by atoms with Crippen LogP contribution in [0.25, 0.3) is 10.8 Å². The van der Waals surface area contributed by atoms with Crippen molar-refractivity contribution in [3.05, 3.63) is 115 Å². The van der Waals surface area contributed by atoms with Crippen molar-refractivity contribution in [1.29, 1.82) is 0 Å². The topological polar surface area (TPSA) is 30.8 Å². The molecule has 0 radical (unpaired) electrons. The van der Waals surface area contributed by atoms with Gasteiger partial charge in [-0.1, -0.05) is 66.7 Å². The van der Waals surface area contributed by atoms with Crippen LogP contribution in [0.3, 0.4) is 0 Å². The van der Waals surface area contributed by atoms with Gasteiger partial charge in [-0.3, -0.25) is 0 Å². The molecule has 0 heterocycles. The standard InChI is InChI=1S/C26H21NO2/c1-20(19-28-25-17-16-21-10-8-9-11-22(21)18-25)26(27-23-12-4-2-5-13-23)29-24-14-6-3-7-15-24/h2-19H,1H3. The lowest BCUT2D eigenvalue weighted by molar-refractivity contribution is 0.474. The minimum Gasteiger partial charge on any atom is -0.465 e. The number of fused-ring (bicyclic) bond motifs is 1. The average Bonchev–Trinajstić information content (AvgIpc) is 2.78. The second kappa shape index (κ2) is 8.89. The van der Waals surface area contributed by atoms with E-state index in [0.717, 1.165) is 28.1 Å². The molecule has 0 aromatic heterocycles. The molecule has 0 bridgehead atoms. The minimum absolute atomic E-state index is 0.489. The summed E-state index contributed by atoms with van der Waals surface area (Å²) in [5.74, 6) is 1.98. The zero-order chi connectivity index (χ0) is 19.9. The average molecular weight is 379 g/mol. The Morgan fingerprint density at radius 3 is 2.10 bits per heavy atom. The van der Waals surface area contributed by atoms with Gasteiger partial charge in [0.15, 0.2) is 0 Å². The molecular formula is C26H21NO2. The molecule has 0 saturated carbocycles. The van der Waals surface area contributed by atoms with E-state index in [0.29, 0.717) is 5.90 Å². The SMILES string of the molecule is CC(=COc1ccc2ccccc2c1)C(=Nc1ccccc1)Oc1ccccc1. The van der Waals surface area contributed by atoms with E-state index < -0.39 is 0 Å². The fourth-order valence-corrected chi connectivity index (χ4v) is 2.86. The van der Waals surface area contributed by atoms with E-state index in [1.807, 2.05) is 97.9 Å². The third-order valence-corrected chi connectivity index (χ3v) is 4.37. The molecule has 0 spiro atoms. The molecule has 0 aliphatic carbocycles. The number of para-hydroxylation sites is 2. The van der Waals surface area contributed by atoms with E-state index in [1.165, 1.54) is 5.39 Å². The molecule has 0 unspecified atom stereocenters. The Balaban J connectivity index is 1.60. The van der Waals surface area contributed by atoms with Gasteiger partial charge in [-0.15, -0.1) is 0 Å². The van der Waals surface area contributed by atoms with Gasteiger partial charge in [0.25, 0.3) is 0 Å². The van der Waals surface area contributed by atoms with Crippen LogP contribution >= 0.6 is 0 Å². The number of nitrogens with zero attached hydrogens (tertiary/aromatic N) is 1. The van der Waals surface area contributed by atoms with Gasteiger partial charge in [0, 0.05) is 5.57 Å². The molecule has 3 heteroatoms. The van der Waals surface area contributed by atoms with Crippen LogP contribution in [0.15, 0.2) is 120 Å². The summed E-state index contributed by atoms with van der Waals surface area (Å²) in [5, 5.41) is 2.31. The van der Waals surface area contributed by atoms with Crippen molar-refractivity contribution >= 4 is 22.4 Å². The zero-order valence-corrected chi connectivity index (χ0v) is 16.2. The van der Waals surface area contributed by atoms with Gasteiger partial charge in [0.05, 0.1) is 11.9 Å². The van der Waals surface area contributed by atoms with Gasteiger partial charge in [-0.25, -0.2) is 4.99 Å². The first-order chi connectivity index (χ1) is 14.3. The van der Waals surface area contributed by atoms with Gasteiger partial charge < -0.3 is 9.47 Å². The third-order valence-electron chi connectivity index (χ3n) is 4.37. The summed E-state index contributed by atoms with van der Waals surface area (Å²) in [7, 11) is 0. The van der Waals surface area contributed by atoms with Crippen LogP contribution in [0.1, 0.15) is 6.92 Å². The quantitative estimate of drug-likeness (QED) is 0.214. The molecule has 4 aromatic carbocycles. The van der Waals surface area contributed by atoms with Crippen LogP contribution in [0.5, 0.6) is 11.5 Å². The lowest BCUT2D eigenvalue weighted by atomic mass is 10.1. The monoisotopic (exact) mass is 379 g/mol. The molecule has 0 N–H and O–H groups in total. The molecule has 29 heavy (non-hydrogen) atoms. The van der Waals surface area contributed by atoms with E-state index in [2.05, 4.69) is 17.1 Å². The highest BCUT2D eigenvalue weighted by atomic mass is 16.5. The predicted molar refractivity (Wildman–Crippen MR) is 119 cm³/mol. The third kappa shape index (κ3) is 4.90. The first-order valence-corrected chi connectivity index (χ1v) is 9.47. The Bertz CT molecular complexity index is 1150. The van der Waals surface area contributed by atoms with E-state index in [9.17, 15) is 0 Å². The lowest BCUT2D eigenvalue weighted by Crippen LogP contribution is -2.10. The lowest BCUT2D eigenvalue weighted by Gasteiger charge is -2.10. The first kappa shape index (κ1) is 18.5. The van der Waals surface area contributed by atoms with Crippen LogP contribution in [0.4, 0.5) is 5.69 Å². The van der Waals surface area contributed by atoms with E-state index in [4.69, 9.17) is 9.47 Å². The second-order valence-electron chi connectivity index (χ2n) is 6.60. The van der Waals surface area contributed by atoms with Crippen molar-refractivity contribution in [3.8, 4) is 11.5 Å². The molecule has 0 atom stereocenters. The molecule has 0 saturated heterocycles. The summed E-state index contributed by atoms with van der Waals surface area (Å²) in [6.45, 7) is 1.92. The molecule has 3 nitrogen and oxygen atoms in total. The van der Waals surface area contributed by atoms with Crippen molar-refractivity contribution in [2.24, 2.45) is 4.99 Å². The number of ether oxygens (including phenoxy) is 2. The van der Waals surface area contributed by atoms with Gasteiger partial charge >= 0.3 is 0 Å². The molecular weight excluding hydrogens is 358 g/mol. The fraction of sp³-hybridized carbons (Fsp3) is 0.0385. The van der Waals surface area contributed by atoms with Gasteiger partial charge in [0.2, 0.25) is 5.90 Å². The number of hydrogen-bond donors (Lipinski definition) is 0. The number of hydrogen-bond acceptors (Lipinski definition) is 3. The summed E-state index contributed by atoms with van der Waals surface area (Å²) >= 11 is 0. The zero-order valence-electron chi connectivity index (χ0n) is 16.2. The largest absolute Gasteiger partial charge is 0.465 e. The molecule has 142 valence electrons. The van der Waals surface area contributed by atoms with Crippen molar-refractivity contribution in [2.75, 3.05) is 0 Å². The van der Waals surface area contributed by atoms with E-state index in [1.54, 1.807) is 6.26 Å². The predicted octanol–water partition coefficient (Wildman–Crippen LogP) is 6.93. The van der Waals surface area contributed by atoms with Crippen molar-refractivity contribution in [3.63, 3.8) is 0 Å². The maximum Gasteiger partial charge on any atom is 0.225 e. The maximum absolute atomic E-state index is 6.04. The summed E-state index contributed by atoms with van der Waals surface area (Å²) in [6, 6.07) is 33.6. The summed E-state index contributed by atoms with van der Waals surface area (Å²) < 4.78 is 11.9. The minimum atomic E-state index is 0.489. The Labute approximate surface area is 170 Å². The van der Waals surface area contributed by atoms with E-state index >= 15 is 0 Å². The van der Waals surface area contributed by atoms with Crippen LogP contribution < -0.4 is 9.47 Å². The Hall–Kier alpha value is -3.85. The molecule has 0 fully saturated rings. The summed E-state index contributed by atoms with van der Waals surface area (Å²) in [4.78, 5) is 4.66. The fourth-order valence-electron chi connectivity index (χ4n) is 2.86. The van der Waals surface area contributed by atoms with Gasteiger partial charge in [0.1, 0.15) is 11.5 Å². The number of benzene rings is 4. The Morgan fingerprint density at radius 1 is 0.690 bits per heavy atom. The number of rotatable bonds is 5. The normalized spacial score (nSPS) is 12.0. The summed E-state index contributed by atoms with van der Waals surface area (Å²) in [5.41, 5.74) is 1.60. The molecule has 4 rings (SSSR count). The molecule has 0 amide bonds. The van der Waals surface area contributed by atoms with Gasteiger partial charge in [-0.2, -0.15) is 0 Å². The Morgan fingerprint density at radius 2 is 1.34 bits per heavy atom. The van der Waals surface area contributed by atoms with Crippen LogP contribution in [-0.2, 0) is 0 Å². The van der Waals surface area contributed by atoms with E-state index in [-0.39, 0.29) is 0 Å². The maximum atomic E-state index is 6.04. The molecule has 0 aliphatic rings. The molecule has 0 aliphatic heterocycles. The highest BCUT2D eigenvalue weighted by molar-refractivity contribution is 5.96. The van der Waals surface area contributed by atoms with Gasteiger partial charge in [-0.05, 0) is 54.1 Å².